The molecule has 2 rings (SSSR count). The highest BCUT2D eigenvalue weighted by atomic mass is 16.3. The van der Waals surface area contributed by atoms with E-state index in [1.165, 1.54) is 0 Å². The standard InChI is InChI=1S/C12H16N2O2/c1-13-7-11(15)12(16)9-3-2-4-10-8(9)5-6-14-10/h2-6,11-16H,7H2,1H3. The number of aromatic amines is 1. The molecule has 4 nitrogen and oxygen atoms in total. The van der Waals surface area contributed by atoms with Gasteiger partial charge in [0.15, 0.2) is 0 Å². The van der Waals surface area contributed by atoms with E-state index in [1.54, 1.807) is 7.05 Å². The van der Waals surface area contributed by atoms with Gasteiger partial charge in [0, 0.05) is 23.6 Å². The molecule has 1 heterocycles. The van der Waals surface area contributed by atoms with Crippen molar-refractivity contribution in [2.45, 2.75) is 12.2 Å². The first kappa shape index (κ1) is 11.1. The molecule has 0 amide bonds. The van der Waals surface area contributed by atoms with Gasteiger partial charge in [0.1, 0.15) is 6.10 Å². The summed E-state index contributed by atoms with van der Waals surface area (Å²) in [6.07, 6.45) is 0.156. The summed E-state index contributed by atoms with van der Waals surface area (Å²) < 4.78 is 0. The minimum Gasteiger partial charge on any atom is -0.389 e. The van der Waals surface area contributed by atoms with Crippen molar-refractivity contribution in [1.82, 2.24) is 10.3 Å². The topological polar surface area (TPSA) is 68.3 Å². The average molecular weight is 220 g/mol. The number of aliphatic hydroxyl groups excluding tert-OH is 2. The van der Waals surface area contributed by atoms with Crippen molar-refractivity contribution in [2.24, 2.45) is 0 Å². The molecule has 0 saturated carbocycles. The van der Waals surface area contributed by atoms with E-state index >= 15 is 0 Å². The molecule has 0 bridgehead atoms. The van der Waals surface area contributed by atoms with Crippen molar-refractivity contribution >= 4 is 10.9 Å². The molecular formula is C12H16N2O2. The second kappa shape index (κ2) is 4.65. The van der Waals surface area contributed by atoms with E-state index in [4.69, 9.17) is 0 Å². The Balaban J connectivity index is 2.35. The Labute approximate surface area is 93.9 Å². The lowest BCUT2D eigenvalue weighted by Crippen LogP contribution is -2.29. The fraction of sp³-hybridized carbons (Fsp3) is 0.333. The van der Waals surface area contributed by atoms with Crippen LogP contribution in [0.4, 0.5) is 0 Å². The van der Waals surface area contributed by atoms with Crippen LogP contribution < -0.4 is 5.32 Å². The maximum absolute atomic E-state index is 10.0. The number of hydrogen-bond donors (Lipinski definition) is 4. The number of benzene rings is 1. The SMILES string of the molecule is CNCC(O)C(O)c1cccc2[nH]ccc12. The lowest BCUT2D eigenvalue weighted by Gasteiger charge is -2.18. The van der Waals surface area contributed by atoms with Crippen molar-refractivity contribution in [3.8, 4) is 0 Å². The summed E-state index contributed by atoms with van der Waals surface area (Å²) in [6.45, 7) is 0.363. The maximum Gasteiger partial charge on any atom is 0.107 e. The van der Waals surface area contributed by atoms with Gasteiger partial charge in [-0.05, 0) is 24.7 Å². The van der Waals surface area contributed by atoms with E-state index in [0.717, 1.165) is 16.5 Å². The van der Waals surface area contributed by atoms with Gasteiger partial charge < -0.3 is 20.5 Å². The van der Waals surface area contributed by atoms with Crippen molar-refractivity contribution < 1.29 is 10.2 Å². The number of aliphatic hydroxyl groups is 2. The van der Waals surface area contributed by atoms with Crippen LogP contribution in [0.5, 0.6) is 0 Å². The quantitative estimate of drug-likeness (QED) is 0.615. The van der Waals surface area contributed by atoms with Gasteiger partial charge >= 0.3 is 0 Å². The lowest BCUT2D eigenvalue weighted by molar-refractivity contribution is 0.0211. The second-order valence-corrected chi connectivity index (χ2v) is 3.86. The number of aromatic nitrogens is 1. The molecule has 0 aliphatic carbocycles. The van der Waals surface area contributed by atoms with Crippen LogP contribution in [0.3, 0.4) is 0 Å². The number of nitrogens with one attached hydrogen (secondary N) is 2. The normalized spacial score (nSPS) is 15.2. The first-order valence-electron chi connectivity index (χ1n) is 5.30. The zero-order chi connectivity index (χ0) is 11.5. The second-order valence-electron chi connectivity index (χ2n) is 3.86. The van der Waals surface area contributed by atoms with Crippen molar-refractivity contribution in [3.63, 3.8) is 0 Å². The van der Waals surface area contributed by atoms with E-state index in [1.807, 2.05) is 30.5 Å². The molecule has 0 aliphatic rings. The van der Waals surface area contributed by atoms with Crippen molar-refractivity contribution in [2.75, 3.05) is 13.6 Å². The van der Waals surface area contributed by atoms with Gasteiger partial charge in [-0.25, -0.2) is 0 Å². The predicted octanol–water partition coefficient (Wildman–Crippen LogP) is 0.782. The van der Waals surface area contributed by atoms with Gasteiger partial charge in [-0.3, -0.25) is 0 Å². The molecular weight excluding hydrogens is 204 g/mol. The van der Waals surface area contributed by atoms with Crippen LogP contribution in [-0.4, -0.2) is 34.9 Å². The first-order valence-corrected chi connectivity index (χ1v) is 5.30. The molecule has 2 atom stereocenters. The molecule has 0 radical (unpaired) electrons. The zero-order valence-electron chi connectivity index (χ0n) is 9.14. The van der Waals surface area contributed by atoms with Crippen LogP contribution in [0, 0.1) is 0 Å². The molecule has 0 fully saturated rings. The number of H-pyrrole nitrogens is 1. The van der Waals surface area contributed by atoms with E-state index in [9.17, 15) is 10.2 Å². The Morgan fingerprint density at radius 3 is 2.88 bits per heavy atom. The molecule has 0 aliphatic heterocycles. The summed E-state index contributed by atoms with van der Waals surface area (Å²) in [5, 5.41) is 23.6. The largest absolute Gasteiger partial charge is 0.389 e. The monoisotopic (exact) mass is 220 g/mol. The first-order chi connectivity index (χ1) is 7.74. The molecule has 1 aromatic heterocycles. The number of likely N-dealkylation sites (N-methyl/N-ethyl adjacent to an activating group) is 1. The summed E-state index contributed by atoms with van der Waals surface area (Å²) >= 11 is 0. The Morgan fingerprint density at radius 2 is 2.12 bits per heavy atom. The molecule has 86 valence electrons. The smallest absolute Gasteiger partial charge is 0.107 e. The highest BCUT2D eigenvalue weighted by molar-refractivity contribution is 5.83. The molecule has 4 N–H and O–H groups in total. The van der Waals surface area contributed by atoms with Gasteiger partial charge in [0.05, 0.1) is 6.10 Å². The van der Waals surface area contributed by atoms with E-state index in [0.29, 0.717) is 6.54 Å². The minimum absolute atomic E-state index is 0.363. The zero-order valence-corrected chi connectivity index (χ0v) is 9.14. The molecule has 2 unspecified atom stereocenters. The molecule has 2 aromatic rings. The van der Waals surface area contributed by atoms with Crippen LogP contribution in [0.25, 0.3) is 10.9 Å². The van der Waals surface area contributed by atoms with E-state index < -0.39 is 12.2 Å². The van der Waals surface area contributed by atoms with Crippen LogP contribution in [-0.2, 0) is 0 Å². The fourth-order valence-electron chi connectivity index (χ4n) is 1.90. The summed E-state index contributed by atoms with van der Waals surface area (Å²) in [6, 6.07) is 7.54. The van der Waals surface area contributed by atoms with E-state index in [2.05, 4.69) is 10.3 Å². The van der Waals surface area contributed by atoms with Gasteiger partial charge in [0.2, 0.25) is 0 Å². The third-order valence-electron chi connectivity index (χ3n) is 2.73. The van der Waals surface area contributed by atoms with Crippen molar-refractivity contribution in [3.05, 3.63) is 36.0 Å². The van der Waals surface area contributed by atoms with Crippen LogP contribution in [0.2, 0.25) is 0 Å². The molecule has 4 heteroatoms. The highest BCUT2D eigenvalue weighted by Gasteiger charge is 2.19. The fourth-order valence-corrected chi connectivity index (χ4v) is 1.90. The van der Waals surface area contributed by atoms with Gasteiger partial charge in [0.25, 0.3) is 0 Å². The van der Waals surface area contributed by atoms with Gasteiger partial charge in [-0.1, -0.05) is 12.1 Å². The summed E-state index contributed by atoms with van der Waals surface area (Å²) in [4.78, 5) is 3.08. The lowest BCUT2D eigenvalue weighted by atomic mass is 10.0. The number of rotatable bonds is 4. The van der Waals surface area contributed by atoms with Crippen LogP contribution >= 0.6 is 0 Å². The molecule has 0 spiro atoms. The van der Waals surface area contributed by atoms with Crippen LogP contribution in [0.15, 0.2) is 30.5 Å². The van der Waals surface area contributed by atoms with Crippen molar-refractivity contribution in [1.29, 1.82) is 0 Å². The maximum atomic E-state index is 10.0. The predicted molar refractivity (Wildman–Crippen MR) is 63.2 cm³/mol. The van der Waals surface area contributed by atoms with E-state index in [-0.39, 0.29) is 0 Å². The third-order valence-corrected chi connectivity index (χ3v) is 2.73. The summed E-state index contributed by atoms with van der Waals surface area (Å²) in [5.41, 5.74) is 1.72. The average Bonchev–Trinajstić information content (AvgIpc) is 2.76. The Hall–Kier alpha value is -1.36. The number of hydrogen-bond acceptors (Lipinski definition) is 3. The molecule has 16 heavy (non-hydrogen) atoms. The molecule has 1 aromatic carbocycles. The summed E-state index contributed by atoms with van der Waals surface area (Å²) in [5.74, 6) is 0. The van der Waals surface area contributed by atoms with Gasteiger partial charge in [-0.2, -0.15) is 0 Å². The Bertz CT molecular complexity index is 467. The number of fused-ring (bicyclic) bond motifs is 1. The molecule has 0 saturated heterocycles. The minimum atomic E-state index is -0.869. The van der Waals surface area contributed by atoms with Gasteiger partial charge in [-0.15, -0.1) is 0 Å². The third kappa shape index (κ3) is 1.95. The Morgan fingerprint density at radius 1 is 1.31 bits per heavy atom. The highest BCUT2D eigenvalue weighted by Crippen LogP contribution is 2.25. The Kier molecular flexibility index (Phi) is 3.24. The summed E-state index contributed by atoms with van der Waals surface area (Å²) in [7, 11) is 1.74. The van der Waals surface area contributed by atoms with Crippen LogP contribution in [0.1, 0.15) is 11.7 Å².